The summed E-state index contributed by atoms with van der Waals surface area (Å²) in [6.07, 6.45) is 5.07. The van der Waals surface area contributed by atoms with E-state index in [1.165, 1.54) is 12.8 Å². The topological polar surface area (TPSA) is 35.2 Å². The van der Waals surface area contributed by atoms with Gasteiger partial charge in [-0.3, -0.25) is 0 Å². The van der Waals surface area contributed by atoms with Gasteiger partial charge >= 0.3 is 0 Å². The molecule has 0 bridgehead atoms. The average Bonchev–Trinajstić information content (AvgIpc) is 2.45. The van der Waals surface area contributed by atoms with E-state index in [-0.39, 0.29) is 11.6 Å². The van der Waals surface area contributed by atoms with Crippen LogP contribution in [-0.4, -0.2) is 18.8 Å². The van der Waals surface area contributed by atoms with Gasteiger partial charge in [-0.25, -0.2) is 0 Å². The molecular weight excluding hydrogens is 293 g/mol. The molecule has 1 saturated carbocycles. The lowest BCUT2D eigenvalue weighted by molar-refractivity contribution is -0.0659. The second kappa shape index (κ2) is 6.65. The van der Waals surface area contributed by atoms with Crippen molar-refractivity contribution in [3.8, 4) is 0 Å². The van der Waals surface area contributed by atoms with Crippen molar-refractivity contribution in [3.63, 3.8) is 0 Å². The Kier molecular flexibility index (Phi) is 5.36. The molecule has 1 fully saturated rings. The van der Waals surface area contributed by atoms with Crippen LogP contribution in [0, 0.1) is 5.92 Å². The quantitative estimate of drug-likeness (QED) is 0.890. The summed E-state index contributed by atoms with van der Waals surface area (Å²) in [6, 6.07) is 5.64. The van der Waals surface area contributed by atoms with E-state index in [4.69, 9.17) is 33.7 Å². The first-order valence-corrected chi connectivity index (χ1v) is 7.98. The Balaban J connectivity index is 2.13. The summed E-state index contributed by atoms with van der Waals surface area (Å²) in [5.41, 5.74) is 7.24. The lowest BCUT2D eigenvalue weighted by atomic mass is 9.74. The van der Waals surface area contributed by atoms with Crippen molar-refractivity contribution in [2.45, 2.75) is 50.7 Å². The third-order valence-corrected chi connectivity index (χ3v) is 5.53. The molecule has 1 aromatic rings. The van der Waals surface area contributed by atoms with Crippen LogP contribution in [0.4, 0.5) is 0 Å². The Morgan fingerprint density at radius 1 is 1.35 bits per heavy atom. The first-order chi connectivity index (χ1) is 9.48. The van der Waals surface area contributed by atoms with E-state index in [0.29, 0.717) is 16.5 Å². The second-order valence-electron chi connectivity index (χ2n) is 5.97. The monoisotopic (exact) mass is 315 g/mol. The third kappa shape index (κ3) is 3.30. The molecule has 2 N–H and O–H groups in total. The minimum absolute atomic E-state index is 0.0593. The van der Waals surface area contributed by atoms with Crippen molar-refractivity contribution >= 4 is 23.2 Å². The number of methoxy groups -OCH3 is 1. The van der Waals surface area contributed by atoms with E-state index in [9.17, 15) is 0 Å². The van der Waals surface area contributed by atoms with Crippen molar-refractivity contribution in [1.82, 2.24) is 0 Å². The maximum atomic E-state index is 6.46. The van der Waals surface area contributed by atoms with Crippen molar-refractivity contribution < 1.29 is 4.74 Å². The number of halogens is 2. The van der Waals surface area contributed by atoms with Gasteiger partial charge in [0.15, 0.2) is 0 Å². The summed E-state index contributed by atoms with van der Waals surface area (Å²) in [5.74, 6) is 0.764. The van der Waals surface area contributed by atoms with E-state index in [1.807, 2.05) is 12.1 Å². The number of rotatable bonds is 4. The van der Waals surface area contributed by atoms with Crippen LogP contribution in [0.3, 0.4) is 0 Å². The Labute approximate surface area is 131 Å². The van der Waals surface area contributed by atoms with Crippen molar-refractivity contribution in [2.75, 3.05) is 7.11 Å². The van der Waals surface area contributed by atoms with Gasteiger partial charge in [0, 0.05) is 13.2 Å². The highest BCUT2D eigenvalue weighted by Crippen LogP contribution is 2.38. The fourth-order valence-electron chi connectivity index (χ4n) is 3.11. The summed E-state index contributed by atoms with van der Waals surface area (Å²) in [4.78, 5) is 0. The highest BCUT2D eigenvalue weighted by Gasteiger charge is 2.39. The van der Waals surface area contributed by atoms with E-state index in [2.05, 4.69) is 6.92 Å². The zero-order valence-corrected chi connectivity index (χ0v) is 13.7. The highest BCUT2D eigenvalue weighted by atomic mass is 35.5. The first-order valence-electron chi connectivity index (χ1n) is 7.22. The van der Waals surface area contributed by atoms with Crippen LogP contribution in [0.5, 0.6) is 0 Å². The van der Waals surface area contributed by atoms with Crippen molar-refractivity contribution in [3.05, 3.63) is 33.8 Å². The van der Waals surface area contributed by atoms with Crippen LogP contribution in [-0.2, 0) is 11.2 Å². The zero-order valence-electron chi connectivity index (χ0n) is 12.2. The largest absolute Gasteiger partial charge is 0.377 e. The molecule has 2 nitrogen and oxygen atoms in total. The molecule has 0 radical (unpaired) electrons. The maximum Gasteiger partial charge on any atom is 0.0832 e. The van der Waals surface area contributed by atoms with E-state index >= 15 is 0 Å². The Bertz CT molecular complexity index is 456. The molecule has 0 heterocycles. The average molecular weight is 316 g/mol. The minimum Gasteiger partial charge on any atom is -0.377 e. The summed E-state index contributed by atoms with van der Waals surface area (Å²) >= 11 is 12.3. The lowest BCUT2D eigenvalue weighted by Gasteiger charge is -2.42. The molecule has 1 unspecified atom stereocenters. The maximum absolute atomic E-state index is 6.46. The smallest absolute Gasteiger partial charge is 0.0832 e. The van der Waals surface area contributed by atoms with Gasteiger partial charge < -0.3 is 10.5 Å². The van der Waals surface area contributed by atoms with Gasteiger partial charge in [0.05, 0.1) is 15.6 Å². The number of hydrogen-bond acceptors (Lipinski definition) is 2. The Morgan fingerprint density at radius 2 is 2.00 bits per heavy atom. The highest BCUT2D eigenvalue weighted by molar-refractivity contribution is 6.42. The molecule has 4 heteroatoms. The SMILES string of the molecule is COC1(C(N)Cc2cccc(Cl)c2Cl)CCC(C)CC1. The zero-order chi connectivity index (χ0) is 14.8. The standard InChI is InChI=1S/C16H23Cl2NO/c1-11-6-8-16(20-2,9-7-11)14(19)10-12-4-3-5-13(17)15(12)18/h3-5,11,14H,6-10,19H2,1-2H3. The van der Waals surface area contributed by atoms with Crippen molar-refractivity contribution in [2.24, 2.45) is 11.7 Å². The van der Waals surface area contributed by atoms with Gasteiger partial charge in [0.1, 0.15) is 0 Å². The summed E-state index contributed by atoms with van der Waals surface area (Å²) in [7, 11) is 1.77. The molecular formula is C16H23Cl2NO. The fourth-order valence-corrected chi connectivity index (χ4v) is 3.50. The van der Waals surface area contributed by atoms with Crippen LogP contribution >= 0.6 is 23.2 Å². The lowest BCUT2D eigenvalue weighted by Crippen LogP contribution is -2.52. The van der Waals surface area contributed by atoms with Gasteiger partial charge in [-0.15, -0.1) is 0 Å². The number of hydrogen-bond donors (Lipinski definition) is 1. The Morgan fingerprint density at radius 3 is 2.60 bits per heavy atom. The number of ether oxygens (including phenoxy) is 1. The number of nitrogens with two attached hydrogens (primary N) is 1. The first kappa shape index (κ1) is 16.1. The molecule has 0 amide bonds. The molecule has 0 saturated heterocycles. The summed E-state index contributed by atoms with van der Waals surface area (Å²) in [6.45, 7) is 2.29. The number of benzene rings is 1. The Hall–Kier alpha value is -0.280. The molecule has 1 aromatic carbocycles. The normalized spacial score (nSPS) is 28.4. The van der Waals surface area contributed by atoms with E-state index in [1.54, 1.807) is 13.2 Å². The second-order valence-corrected chi connectivity index (χ2v) is 6.76. The van der Waals surface area contributed by atoms with Crippen LogP contribution in [0.1, 0.15) is 38.2 Å². The molecule has 0 aromatic heterocycles. The predicted octanol–water partition coefficient (Wildman–Crippen LogP) is 4.46. The van der Waals surface area contributed by atoms with Gasteiger partial charge in [0.25, 0.3) is 0 Å². The van der Waals surface area contributed by atoms with Gasteiger partial charge in [-0.2, -0.15) is 0 Å². The molecule has 0 aliphatic heterocycles. The predicted molar refractivity (Wildman–Crippen MR) is 85.5 cm³/mol. The van der Waals surface area contributed by atoms with Gasteiger partial charge in [-0.05, 0) is 49.7 Å². The van der Waals surface area contributed by atoms with Crippen LogP contribution < -0.4 is 5.73 Å². The molecule has 20 heavy (non-hydrogen) atoms. The van der Waals surface area contributed by atoms with E-state index < -0.39 is 0 Å². The van der Waals surface area contributed by atoms with Crippen LogP contribution in [0.2, 0.25) is 10.0 Å². The van der Waals surface area contributed by atoms with E-state index in [0.717, 1.165) is 24.3 Å². The fraction of sp³-hybridized carbons (Fsp3) is 0.625. The molecule has 0 spiro atoms. The molecule has 2 rings (SSSR count). The van der Waals surface area contributed by atoms with Gasteiger partial charge in [-0.1, -0.05) is 42.3 Å². The summed E-state index contributed by atoms with van der Waals surface area (Å²) in [5, 5.41) is 1.19. The van der Waals surface area contributed by atoms with Crippen LogP contribution in [0.15, 0.2) is 18.2 Å². The summed E-state index contributed by atoms with van der Waals surface area (Å²) < 4.78 is 5.83. The molecule has 112 valence electrons. The molecule has 1 aliphatic rings. The molecule has 1 atom stereocenters. The van der Waals surface area contributed by atoms with Gasteiger partial charge in [0.2, 0.25) is 0 Å². The minimum atomic E-state index is -0.224. The molecule has 1 aliphatic carbocycles. The van der Waals surface area contributed by atoms with Crippen molar-refractivity contribution in [1.29, 1.82) is 0 Å². The van der Waals surface area contributed by atoms with Crippen LogP contribution in [0.25, 0.3) is 0 Å². The third-order valence-electron chi connectivity index (χ3n) is 4.67.